The Morgan fingerprint density at radius 1 is 1.50 bits per heavy atom. The maximum absolute atomic E-state index is 11.7. The maximum atomic E-state index is 11.7. The molecule has 0 rings (SSSR count). The van der Waals surface area contributed by atoms with Crippen molar-refractivity contribution in [3.8, 4) is 0 Å². The van der Waals surface area contributed by atoms with Crippen molar-refractivity contribution in [3.63, 3.8) is 0 Å². The Bertz CT molecular complexity index is 217. The first kappa shape index (κ1) is 15.4. The minimum absolute atomic E-state index is 0.0185. The molecule has 4 nitrogen and oxygen atoms in total. The molecule has 0 aromatic rings. The molecular formula is C12H26N2O2. The molecule has 0 spiro atoms. The van der Waals surface area contributed by atoms with Crippen LogP contribution in [0.3, 0.4) is 0 Å². The number of carbonyl (C=O) groups excluding carboxylic acids is 1. The molecule has 2 N–H and O–H groups in total. The van der Waals surface area contributed by atoms with Crippen LogP contribution in [0.25, 0.3) is 0 Å². The first-order chi connectivity index (χ1) is 7.33. The molecule has 16 heavy (non-hydrogen) atoms. The van der Waals surface area contributed by atoms with Crippen molar-refractivity contribution in [2.24, 2.45) is 0 Å². The van der Waals surface area contributed by atoms with Gasteiger partial charge in [-0.25, -0.2) is 0 Å². The molecule has 1 unspecified atom stereocenters. The first-order valence-corrected chi connectivity index (χ1v) is 5.95. The molecule has 0 saturated carbocycles. The van der Waals surface area contributed by atoms with Crippen molar-refractivity contribution in [3.05, 3.63) is 0 Å². The predicted octanol–water partition coefficient (Wildman–Crippen LogP) is 0.994. The summed E-state index contributed by atoms with van der Waals surface area (Å²) in [6.07, 6.45) is 2.07. The zero-order valence-corrected chi connectivity index (χ0v) is 11.2. The van der Waals surface area contributed by atoms with Crippen molar-refractivity contribution in [2.75, 3.05) is 20.2 Å². The minimum Gasteiger partial charge on any atom is -0.394 e. The third kappa shape index (κ3) is 5.47. The van der Waals surface area contributed by atoms with E-state index in [0.29, 0.717) is 6.54 Å². The van der Waals surface area contributed by atoms with E-state index in [0.717, 1.165) is 12.8 Å². The highest BCUT2D eigenvalue weighted by molar-refractivity contribution is 5.78. The molecule has 0 heterocycles. The van der Waals surface area contributed by atoms with Gasteiger partial charge in [-0.2, -0.15) is 0 Å². The zero-order chi connectivity index (χ0) is 12.8. The standard InChI is InChI=1S/C12H26N2O2/c1-6-7-10(2)13-11(16)8-14(5)12(3,4)9-15/h10,15H,6-9H2,1-5H3,(H,13,16). The lowest BCUT2D eigenvalue weighted by Crippen LogP contribution is -2.49. The molecule has 0 bridgehead atoms. The van der Waals surface area contributed by atoms with Gasteiger partial charge in [0.25, 0.3) is 0 Å². The lowest BCUT2D eigenvalue weighted by Gasteiger charge is -2.33. The van der Waals surface area contributed by atoms with Gasteiger partial charge in [-0.3, -0.25) is 9.69 Å². The van der Waals surface area contributed by atoms with Gasteiger partial charge in [0.1, 0.15) is 0 Å². The molecule has 0 fully saturated rings. The second kappa shape index (κ2) is 6.86. The molecule has 0 aliphatic heterocycles. The van der Waals surface area contributed by atoms with Crippen LogP contribution in [0, 0.1) is 0 Å². The predicted molar refractivity (Wildman–Crippen MR) is 66.3 cm³/mol. The summed E-state index contributed by atoms with van der Waals surface area (Å²) in [5.41, 5.74) is -0.356. The van der Waals surface area contributed by atoms with E-state index in [-0.39, 0.29) is 24.1 Å². The highest BCUT2D eigenvalue weighted by atomic mass is 16.3. The van der Waals surface area contributed by atoms with Crippen LogP contribution >= 0.6 is 0 Å². The van der Waals surface area contributed by atoms with Gasteiger partial charge < -0.3 is 10.4 Å². The van der Waals surface area contributed by atoms with E-state index < -0.39 is 0 Å². The summed E-state index contributed by atoms with van der Waals surface area (Å²) < 4.78 is 0. The van der Waals surface area contributed by atoms with Crippen LogP contribution in [0.5, 0.6) is 0 Å². The monoisotopic (exact) mass is 230 g/mol. The number of nitrogens with zero attached hydrogens (tertiary/aromatic N) is 1. The van der Waals surface area contributed by atoms with Crippen molar-refractivity contribution >= 4 is 5.91 Å². The lowest BCUT2D eigenvalue weighted by molar-refractivity contribution is -0.124. The Balaban J connectivity index is 4.05. The molecule has 0 aliphatic carbocycles. The number of amides is 1. The van der Waals surface area contributed by atoms with Gasteiger partial charge in [0, 0.05) is 11.6 Å². The normalized spacial score (nSPS) is 13.9. The van der Waals surface area contributed by atoms with E-state index in [1.807, 2.05) is 32.7 Å². The minimum atomic E-state index is -0.356. The zero-order valence-electron chi connectivity index (χ0n) is 11.2. The van der Waals surface area contributed by atoms with Gasteiger partial charge in [-0.1, -0.05) is 13.3 Å². The van der Waals surface area contributed by atoms with Crippen molar-refractivity contribution in [2.45, 2.75) is 52.1 Å². The smallest absolute Gasteiger partial charge is 0.234 e. The summed E-state index contributed by atoms with van der Waals surface area (Å²) in [5, 5.41) is 12.1. The average molecular weight is 230 g/mol. The summed E-state index contributed by atoms with van der Waals surface area (Å²) in [5.74, 6) is 0.0185. The van der Waals surface area contributed by atoms with Crippen molar-refractivity contribution in [1.82, 2.24) is 10.2 Å². The highest BCUT2D eigenvalue weighted by Gasteiger charge is 2.24. The van der Waals surface area contributed by atoms with Gasteiger partial charge >= 0.3 is 0 Å². The summed E-state index contributed by atoms with van der Waals surface area (Å²) >= 11 is 0. The Morgan fingerprint density at radius 3 is 2.50 bits per heavy atom. The largest absolute Gasteiger partial charge is 0.394 e. The summed E-state index contributed by atoms with van der Waals surface area (Å²) in [6.45, 7) is 8.30. The van der Waals surface area contributed by atoms with Crippen molar-refractivity contribution < 1.29 is 9.90 Å². The Labute approximate surface area is 99.0 Å². The van der Waals surface area contributed by atoms with Crippen LogP contribution < -0.4 is 5.32 Å². The van der Waals surface area contributed by atoms with E-state index >= 15 is 0 Å². The number of nitrogens with one attached hydrogen (secondary N) is 1. The molecule has 4 heteroatoms. The fourth-order valence-electron chi connectivity index (χ4n) is 1.38. The fourth-order valence-corrected chi connectivity index (χ4v) is 1.38. The van der Waals surface area contributed by atoms with E-state index in [9.17, 15) is 9.90 Å². The number of aliphatic hydroxyl groups excluding tert-OH is 1. The van der Waals surface area contributed by atoms with Gasteiger partial charge in [-0.05, 0) is 34.2 Å². The number of likely N-dealkylation sites (N-methyl/N-ethyl adjacent to an activating group) is 1. The number of hydrogen-bond donors (Lipinski definition) is 2. The van der Waals surface area contributed by atoms with E-state index in [2.05, 4.69) is 12.2 Å². The quantitative estimate of drug-likeness (QED) is 0.686. The maximum Gasteiger partial charge on any atom is 0.234 e. The Morgan fingerprint density at radius 2 is 2.06 bits per heavy atom. The van der Waals surface area contributed by atoms with Gasteiger partial charge in [0.2, 0.25) is 5.91 Å². The second-order valence-corrected chi connectivity index (χ2v) is 5.08. The van der Waals surface area contributed by atoms with E-state index in [1.165, 1.54) is 0 Å². The fraction of sp³-hybridized carbons (Fsp3) is 0.917. The summed E-state index contributed by atoms with van der Waals surface area (Å²) in [4.78, 5) is 13.5. The van der Waals surface area contributed by atoms with Crippen LogP contribution in [0.2, 0.25) is 0 Å². The van der Waals surface area contributed by atoms with E-state index in [1.54, 1.807) is 0 Å². The third-order valence-electron chi connectivity index (χ3n) is 2.93. The van der Waals surface area contributed by atoms with Crippen molar-refractivity contribution in [1.29, 1.82) is 0 Å². The molecule has 0 aromatic carbocycles. The van der Waals surface area contributed by atoms with Crippen LogP contribution in [0.1, 0.15) is 40.5 Å². The van der Waals surface area contributed by atoms with Crippen LogP contribution in [-0.4, -0.2) is 47.7 Å². The van der Waals surface area contributed by atoms with Crippen LogP contribution in [-0.2, 0) is 4.79 Å². The van der Waals surface area contributed by atoms with Crippen LogP contribution in [0.15, 0.2) is 0 Å². The number of carbonyl (C=O) groups is 1. The number of hydrogen-bond acceptors (Lipinski definition) is 3. The van der Waals surface area contributed by atoms with Gasteiger partial charge in [-0.15, -0.1) is 0 Å². The molecule has 1 atom stereocenters. The second-order valence-electron chi connectivity index (χ2n) is 5.08. The third-order valence-corrected chi connectivity index (χ3v) is 2.93. The Kier molecular flexibility index (Phi) is 6.60. The number of rotatable bonds is 7. The topological polar surface area (TPSA) is 52.6 Å². The van der Waals surface area contributed by atoms with E-state index in [4.69, 9.17) is 0 Å². The van der Waals surface area contributed by atoms with Crippen LogP contribution in [0.4, 0.5) is 0 Å². The summed E-state index contributed by atoms with van der Waals surface area (Å²) in [6, 6.07) is 0.225. The average Bonchev–Trinajstić information content (AvgIpc) is 2.17. The highest BCUT2D eigenvalue weighted by Crippen LogP contribution is 2.10. The SMILES string of the molecule is CCCC(C)NC(=O)CN(C)C(C)(C)CO. The number of aliphatic hydroxyl groups is 1. The Hall–Kier alpha value is -0.610. The molecule has 96 valence electrons. The molecule has 0 saturated heterocycles. The van der Waals surface area contributed by atoms with Gasteiger partial charge in [0.15, 0.2) is 0 Å². The molecule has 0 radical (unpaired) electrons. The molecule has 0 aliphatic rings. The first-order valence-electron chi connectivity index (χ1n) is 5.95. The molecule has 0 aromatic heterocycles. The molecule has 1 amide bonds. The molecular weight excluding hydrogens is 204 g/mol. The van der Waals surface area contributed by atoms with Gasteiger partial charge in [0.05, 0.1) is 13.2 Å². The summed E-state index contributed by atoms with van der Waals surface area (Å²) in [7, 11) is 1.85. The lowest BCUT2D eigenvalue weighted by atomic mass is 10.1.